The molecule has 0 aliphatic rings. The van der Waals surface area contributed by atoms with Gasteiger partial charge in [-0.15, -0.1) is 0 Å². The zero-order valence-corrected chi connectivity index (χ0v) is 12.1. The molecule has 0 atom stereocenters. The Bertz CT molecular complexity index is 614. The van der Waals surface area contributed by atoms with Crippen molar-refractivity contribution in [3.8, 4) is 5.75 Å². The summed E-state index contributed by atoms with van der Waals surface area (Å²) in [5.74, 6) is 0.0445. The lowest BCUT2D eigenvalue weighted by Gasteiger charge is -2.08. The molecule has 0 saturated carbocycles. The van der Waals surface area contributed by atoms with Crippen LogP contribution in [-0.2, 0) is 17.8 Å². The maximum Gasteiger partial charge on any atom is 0.257 e. The minimum Gasteiger partial charge on any atom is -0.484 e. The number of carbonyl (C=O) groups excluding carboxylic acids is 1. The number of aliphatic hydroxyl groups excluding tert-OH is 1. The highest BCUT2D eigenvalue weighted by Crippen LogP contribution is 2.12. The van der Waals surface area contributed by atoms with Crippen molar-refractivity contribution < 1.29 is 19.0 Å². The van der Waals surface area contributed by atoms with E-state index < -0.39 is 0 Å². The lowest BCUT2D eigenvalue weighted by molar-refractivity contribution is -0.123. The number of hydrogen-bond acceptors (Lipinski definition) is 3. The van der Waals surface area contributed by atoms with E-state index in [0.717, 1.165) is 11.1 Å². The molecule has 2 N–H and O–H groups in total. The van der Waals surface area contributed by atoms with Gasteiger partial charge in [-0.1, -0.05) is 24.3 Å². The highest BCUT2D eigenvalue weighted by molar-refractivity contribution is 5.77. The minimum atomic E-state index is -0.272. The molecule has 116 valence electrons. The van der Waals surface area contributed by atoms with E-state index in [0.29, 0.717) is 18.7 Å². The maximum absolute atomic E-state index is 12.8. The van der Waals surface area contributed by atoms with Gasteiger partial charge in [-0.2, -0.15) is 0 Å². The Hall–Kier alpha value is -2.40. The molecule has 0 radical (unpaired) electrons. The van der Waals surface area contributed by atoms with Crippen molar-refractivity contribution >= 4 is 5.91 Å². The van der Waals surface area contributed by atoms with Crippen LogP contribution in [0.1, 0.15) is 11.1 Å². The molecule has 1 amide bonds. The number of ether oxygens (including phenoxy) is 1. The first-order valence-electron chi connectivity index (χ1n) is 7.01. The van der Waals surface area contributed by atoms with Gasteiger partial charge in [-0.05, 0) is 41.8 Å². The van der Waals surface area contributed by atoms with E-state index in [1.165, 1.54) is 12.1 Å². The molecule has 5 heteroatoms. The van der Waals surface area contributed by atoms with Crippen LogP contribution in [-0.4, -0.2) is 24.2 Å². The number of rotatable bonds is 7. The minimum absolute atomic E-state index is 0.0684. The SMILES string of the molecule is O=C(COc1cccc(CO)c1)NCCc1ccc(F)cc1. The van der Waals surface area contributed by atoms with E-state index in [1.54, 1.807) is 36.4 Å². The van der Waals surface area contributed by atoms with Crippen molar-refractivity contribution in [1.29, 1.82) is 0 Å². The molecule has 0 unspecified atom stereocenters. The van der Waals surface area contributed by atoms with Crippen LogP contribution in [0.2, 0.25) is 0 Å². The van der Waals surface area contributed by atoms with E-state index in [9.17, 15) is 9.18 Å². The van der Waals surface area contributed by atoms with Gasteiger partial charge in [0.1, 0.15) is 11.6 Å². The van der Waals surface area contributed by atoms with Gasteiger partial charge in [0.25, 0.3) is 5.91 Å². The highest BCUT2D eigenvalue weighted by atomic mass is 19.1. The van der Waals surface area contributed by atoms with Crippen molar-refractivity contribution in [3.05, 3.63) is 65.5 Å². The number of aliphatic hydroxyl groups is 1. The molecular formula is C17H18FNO3. The van der Waals surface area contributed by atoms with Crippen molar-refractivity contribution in [1.82, 2.24) is 5.32 Å². The number of amides is 1. The summed E-state index contributed by atoms with van der Waals surface area (Å²) in [5.41, 5.74) is 1.69. The molecule has 2 rings (SSSR count). The molecule has 0 aromatic heterocycles. The van der Waals surface area contributed by atoms with Crippen LogP contribution >= 0.6 is 0 Å². The molecule has 2 aromatic rings. The molecule has 0 spiro atoms. The summed E-state index contributed by atoms with van der Waals surface area (Å²) in [6.45, 7) is 0.309. The monoisotopic (exact) mass is 303 g/mol. The molecule has 2 aromatic carbocycles. The van der Waals surface area contributed by atoms with Gasteiger partial charge in [0.15, 0.2) is 6.61 Å². The van der Waals surface area contributed by atoms with Gasteiger partial charge in [-0.25, -0.2) is 4.39 Å². The number of halogens is 1. The molecule has 4 nitrogen and oxygen atoms in total. The second kappa shape index (κ2) is 8.14. The third kappa shape index (κ3) is 5.18. The summed E-state index contributed by atoms with van der Waals surface area (Å²) in [4.78, 5) is 11.7. The predicted molar refractivity (Wildman–Crippen MR) is 81.0 cm³/mol. The first-order chi connectivity index (χ1) is 10.7. The average Bonchev–Trinajstić information content (AvgIpc) is 2.55. The quantitative estimate of drug-likeness (QED) is 0.823. The standard InChI is InChI=1S/C17H18FNO3/c18-15-6-4-13(5-7-15)8-9-19-17(21)12-22-16-3-1-2-14(10-16)11-20/h1-7,10,20H,8-9,11-12H2,(H,19,21). The van der Waals surface area contributed by atoms with Gasteiger partial charge < -0.3 is 15.2 Å². The Morgan fingerprint density at radius 1 is 1.14 bits per heavy atom. The predicted octanol–water partition coefficient (Wildman–Crippen LogP) is 2.06. The van der Waals surface area contributed by atoms with Gasteiger partial charge in [0.05, 0.1) is 6.61 Å². The average molecular weight is 303 g/mol. The number of nitrogens with one attached hydrogen (secondary N) is 1. The van der Waals surface area contributed by atoms with Crippen LogP contribution in [0.5, 0.6) is 5.75 Å². The smallest absolute Gasteiger partial charge is 0.257 e. The Balaban J connectivity index is 1.70. The Kier molecular flexibility index (Phi) is 5.91. The van der Waals surface area contributed by atoms with Gasteiger partial charge >= 0.3 is 0 Å². The zero-order chi connectivity index (χ0) is 15.8. The molecule has 22 heavy (non-hydrogen) atoms. The van der Waals surface area contributed by atoms with Crippen LogP contribution in [0.4, 0.5) is 4.39 Å². The third-order valence-electron chi connectivity index (χ3n) is 3.10. The molecule has 0 saturated heterocycles. The van der Waals surface area contributed by atoms with Crippen LogP contribution < -0.4 is 10.1 Å². The fourth-order valence-electron chi connectivity index (χ4n) is 1.93. The first-order valence-corrected chi connectivity index (χ1v) is 7.01. The molecular weight excluding hydrogens is 285 g/mol. The summed E-state index contributed by atoms with van der Waals surface area (Å²) in [7, 11) is 0. The molecule has 0 fully saturated rings. The number of benzene rings is 2. The van der Waals surface area contributed by atoms with E-state index in [2.05, 4.69) is 5.32 Å². The third-order valence-corrected chi connectivity index (χ3v) is 3.10. The summed E-state index contributed by atoms with van der Waals surface area (Å²) in [6, 6.07) is 13.1. The molecule has 0 aliphatic carbocycles. The highest BCUT2D eigenvalue weighted by Gasteiger charge is 2.03. The Morgan fingerprint density at radius 3 is 2.64 bits per heavy atom. The van der Waals surface area contributed by atoms with Crippen LogP contribution in [0, 0.1) is 5.82 Å². The first kappa shape index (κ1) is 16.0. The van der Waals surface area contributed by atoms with E-state index in [1.807, 2.05) is 0 Å². The van der Waals surface area contributed by atoms with E-state index >= 15 is 0 Å². The molecule has 0 heterocycles. The Morgan fingerprint density at radius 2 is 1.91 bits per heavy atom. The molecule has 0 bridgehead atoms. The van der Waals surface area contributed by atoms with E-state index in [4.69, 9.17) is 9.84 Å². The van der Waals surface area contributed by atoms with Gasteiger partial charge in [-0.3, -0.25) is 4.79 Å². The second-order valence-corrected chi connectivity index (χ2v) is 4.82. The fraction of sp³-hybridized carbons (Fsp3) is 0.235. The number of carbonyl (C=O) groups is 1. The number of hydrogen-bond donors (Lipinski definition) is 2. The normalized spacial score (nSPS) is 10.3. The second-order valence-electron chi connectivity index (χ2n) is 4.82. The van der Waals surface area contributed by atoms with E-state index in [-0.39, 0.29) is 24.9 Å². The largest absolute Gasteiger partial charge is 0.484 e. The van der Waals surface area contributed by atoms with Gasteiger partial charge in [0.2, 0.25) is 0 Å². The maximum atomic E-state index is 12.8. The fourth-order valence-corrected chi connectivity index (χ4v) is 1.93. The Labute approximate surface area is 128 Å². The zero-order valence-electron chi connectivity index (χ0n) is 12.1. The topological polar surface area (TPSA) is 58.6 Å². The van der Waals surface area contributed by atoms with Gasteiger partial charge in [0, 0.05) is 6.54 Å². The van der Waals surface area contributed by atoms with Crippen molar-refractivity contribution in [2.45, 2.75) is 13.0 Å². The van der Waals surface area contributed by atoms with Crippen molar-refractivity contribution in [2.24, 2.45) is 0 Å². The summed E-state index contributed by atoms with van der Waals surface area (Å²) in [6.07, 6.45) is 0.631. The van der Waals surface area contributed by atoms with Crippen LogP contribution in [0.25, 0.3) is 0 Å². The molecule has 0 aliphatic heterocycles. The summed E-state index contributed by atoms with van der Waals surface area (Å²) in [5, 5.41) is 11.8. The van der Waals surface area contributed by atoms with Crippen LogP contribution in [0.3, 0.4) is 0 Å². The summed E-state index contributed by atoms with van der Waals surface area (Å²) >= 11 is 0. The lowest BCUT2D eigenvalue weighted by atomic mass is 10.1. The lowest BCUT2D eigenvalue weighted by Crippen LogP contribution is -2.30. The summed E-state index contributed by atoms with van der Waals surface area (Å²) < 4.78 is 18.1. The van der Waals surface area contributed by atoms with Crippen molar-refractivity contribution in [2.75, 3.05) is 13.2 Å². The van der Waals surface area contributed by atoms with Crippen LogP contribution in [0.15, 0.2) is 48.5 Å². The van der Waals surface area contributed by atoms with Crippen molar-refractivity contribution in [3.63, 3.8) is 0 Å².